The molecule has 0 saturated heterocycles. The van der Waals surface area contributed by atoms with E-state index in [0.29, 0.717) is 22.9 Å². The number of benzene rings is 2. The molecule has 1 atom stereocenters. The van der Waals surface area contributed by atoms with Gasteiger partial charge in [-0.1, -0.05) is 30.7 Å². The Bertz CT molecular complexity index is 1040. The third-order valence-electron chi connectivity index (χ3n) is 4.49. The summed E-state index contributed by atoms with van der Waals surface area (Å²) < 4.78 is 72.3. The van der Waals surface area contributed by atoms with Gasteiger partial charge in [-0.3, -0.25) is 9.10 Å². The number of alkyl halides is 3. The first-order chi connectivity index (χ1) is 14.4. The van der Waals surface area contributed by atoms with E-state index in [-0.39, 0.29) is 17.5 Å². The predicted octanol–water partition coefficient (Wildman–Crippen LogP) is 4.48. The second-order valence-corrected chi connectivity index (χ2v) is 8.94. The number of sulfonamides is 1. The summed E-state index contributed by atoms with van der Waals surface area (Å²) in [4.78, 5) is 11.7. The number of hydrogen-bond acceptors (Lipinski definition) is 4. The fourth-order valence-corrected chi connectivity index (χ4v) is 4.62. The van der Waals surface area contributed by atoms with Crippen LogP contribution >= 0.6 is 11.6 Å². The Morgan fingerprint density at radius 3 is 2.45 bits per heavy atom. The second-order valence-electron chi connectivity index (χ2n) is 6.70. The molecule has 0 bridgehead atoms. The molecule has 0 radical (unpaired) electrons. The summed E-state index contributed by atoms with van der Waals surface area (Å²) in [5.74, 6) is -0.516. The number of nitrogens with one attached hydrogen (secondary N) is 1. The molecule has 11 heteroatoms. The maximum atomic E-state index is 13.4. The van der Waals surface area contributed by atoms with Gasteiger partial charge in [0.25, 0.3) is 10.0 Å². The normalized spacial score (nSPS) is 12.9. The Kier molecular flexibility index (Phi) is 7.82. The van der Waals surface area contributed by atoms with Gasteiger partial charge < -0.3 is 10.1 Å². The van der Waals surface area contributed by atoms with Gasteiger partial charge in [0.15, 0.2) is 0 Å². The highest BCUT2D eigenvalue weighted by Gasteiger charge is 2.36. The number of para-hydroxylation sites is 2. The minimum Gasteiger partial charge on any atom is -0.495 e. The number of amides is 1. The van der Waals surface area contributed by atoms with Crippen LogP contribution < -0.4 is 14.4 Å². The average molecular weight is 479 g/mol. The van der Waals surface area contributed by atoms with Crippen molar-refractivity contribution in [2.45, 2.75) is 37.4 Å². The van der Waals surface area contributed by atoms with Gasteiger partial charge in [-0.2, -0.15) is 13.2 Å². The summed E-state index contributed by atoms with van der Waals surface area (Å²) >= 11 is 5.97. The monoisotopic (exact) mass is 478 g/mol. The molecule has 170 valence electrons. The lowest BCUT2D eigenvalue weighted by molar-refractivity contribution is -0.137. The molecular formula is C20H22ClF3N2O4S. The Labute approximate surface area is 184 Å². The Morgan fingerprint density at radius 1 is 1.23 bits per heavy atom. The number of carbonyl (C=O) groups excluding carboxylic acids is 1. The standard InChI is InChI=1S/C20H22ClF3N2O4S/c1-4-13(2)25-19(27)12-26(16-7-5-6-8-17(16)30-3)31(28,29)18-11-14(20(22,23)24)9-10-15(18)21/h5-11,13H,4,12H2,1-3H3,(H,25,27)/t13-/m0/s1. The first kappa shape index (κ1) is 24.8. The molecule has 0 saturated carbocycles. The number of rotatable bonds is 8. The summed E-state index contributed by atoms with van der Waals surface area (Å²) in [6, 6.07) is 7.72. The molecular weight excluding hydrogens is 457 g/mol. The molecule has 31 heavy (non-hydrogen) atoms. The van der Waals surface area contributed by atoms with E-state index in [4.69, 9.17) is 16.3 Å². The maximum Gasteiger partial charge on any atom is 0.416 e. The molecule has 6 nitrogen and oxygen atoms in total. The van der Waals surface area contributed by atoms with Crippen LogP contribution in [0.5, 0.6) is 5.75 Å². The molecule has 0 aliphatic heterocycles. The maximum absolute atomic E-state index is 13.4. The van der Waals surface area contributed by atoms with Crippen LogP contribution in [0.25, 0.3) is 0 Å². The van der Waals surface area contributed by atoms with Gasteiger partial charge in [-0.05, 0) is 43.7 Å². The van der Waals surface area contributed by atoms with Crippen molar-refractivity contribution >= 4 is 33.2 Å². The lowest BCUT2D eigenvalue weighted by Gasteiger charge is -2.27. The zero-order chi connectivity index (χ0) is 23.4. The van der Waals surface area contributed by atoms with Gasteiger partial charge in [-0.15, -0.1) is 0 Å². The number of methoxy groups -OCH3 is 1. The zero-order valence-electron chi connectivity index (χ0n) is 17.0. The summed E-state index contributed by atoms with van der Waals surface area (Å²) in [7, 11) is -3.37. The van der Waals surface area contributed by atoms with E-state index in [1.807, 2.05) is 6.92 Å². The van der Waals surface area contributed by atoms with Crippen molar-refractivity contribution < 1.29 is 31.1 Å². The Balaban J connectivity index is 2.64. The van der Waals surface area contributed by atoms with Crippen LogP contribution in [0.4, 0.5) is 18.9 Å². The van der Waals surface area contributed by atoms with E-state index in [9.17, 15) is 26.4 Å². The van der Waals surface area contributed by atoms with Gasteiger partial charge in [0.1, 0.15) is 17.2 Å². The molecule has 0 aromatic heterocycles. The van der Waals surface area contributed by atoms with E-state index < -0.39 is 44.1 Å². The largest absolute Gasteiger partial charge is 0.495 e. The highest BCUT2D eigenvalue weighted by atomic mass is 35.5. The summed E-state index contributed by atoms with van der Waals surface area (Å²) in [6.07, 6.45) is -4.18. The van der Waals surface area contributed by atoms with E-state index >= 15 is 0 Å². The number of halogens is 4. The molecule has 1 N–H and O–H groups in total. The van der Waals surface area contributed by atoms with Crippen LogP contribution in [0.1, 0.15) is 25.8 Å². The van der Waals surface area contributed by atoms with Gasteiger partial charge in [0.2, 0.25) is 5.91 Å². The van der Waals surface area contributed by atoms with Gasteiger partial charge >= 0.3 is 6.18 Å². The van der Waals surface area contributed by atoms with E-state index in [0.717, 1.165) is 6.07 Å². The molecule has 0 aliphatic rings. The average Bonchev–Trinajstić information content (AvgIpc) is 2.71. The van der Waals surface area contributed by atoms with Crippen molar-refractivity contribution in [3.05, 3.63) is 53.1 Å². The molecule has 0 spiro atoms. The topological polar surface area (TPSA) is 75.7 Å². The number of carbonyl (C=O) groups is 1. The van der Waals surface area contributed by atoms with E-state index in [1.54, 1.807) is 13.0 Å². The third kappa shape index (κ3) is 5.82. The summed E-state index contributed by atoms with van der Waals surface area (Å²) in [5.41, 5.74) is -1.20. The first-order valence-corrected chi connectivity index (χ1v) is 11.1. The lowest BCUT2D eigenvalue weighted by Crippen LogP contribution is -2.43. The van der Waals surface area contributed by atoms with Crippen LogP contribution in [0.2, 0.25) is 5.02 Å². The third-order valence-corrected chi connectivity index (χ3v) is 6.73. The number of hydrogen-bond donors (Lipinski definition) is 1. The molecule has 0 heterocycles. The summed E-state index contributed by atoms with van der Waals surface area (Å²) in [6.45, 7) is 2.89. The van der Waals surface area contributed by atoms with Crippen molar-refractivity contribution in [3.63, 3.8) is 0 Å². The molecule has 2 rings (SSSR count). The highest BCUT2D eigenvalue weighted by Crippen LogP contribution is 2.37. The molecule has 0 fully saturated rings. The van der Waals surface area contributed by atoms with Crippen molar-refractivity contribution in [1.29, 1.82) is 0 Å². The van der Waals surface area contributed by atoms with Gasteiger partial charge in [-0.25, -0.2) is 8.42 Å². The Morgan fingerprint density at radius 2 is 1.87 bits per heavy atom. The lowest BCUT2D eigenvalue weighted by atomic mass is 10.2. The van der Waals surface area contributed by atoms with Crippen LogP contribution in [-0.2, 0) is 21.0 Å². The van der Waals surface area contributed by atoms with Crippen molar-refractivity contribution in [2.75, 3.05) is 18.0 Å². The highest BCUT2D eigenvalue weighted by molar-refractivity contribution is 7.93. The van der Waals surface area contributed by atoms with Crippen LogP contribution in [0, 0.1) is 0 Å². The fourth-order valence-electron chi connectivity index (χ4n) is 2.68. The minimum atomic E-state index is -4.78. The van der Waals surface area contributed by atoms with Crippen molar-refractivity contribution in [1.82, 2.24) is 5.32 Å². The van der Waals surface area contributed by atoms with Crippen LogP contribution in [0.15, 0.2) is 47.4 Å². The minimum absolute atomic E-state index is 0.0159. The van der Waals surface area contributed by atoms with Crippen LogP contribution in [0.3, 0.4) is 0 Å². The quantitative estimate of drug-likeness (QED) is 0.607. The van der Waals surface area contributed by atoms with Crippen molar-refractivity contribution in [3.8, 4) is 5.75 Å². The number of nitrogens with zero attached hydrogens (tertiary/aromatic N) is 1. The van der Waals surface area contributed by atoms with Crippen molar-refractivity contribution in [2.24, 2.45) is 0 Å². The van der Waals surface area contributed by atoms with Crippen LogP contribution in [-0.4, -0.2) is 34.0 Å². The van der Waals surface area contributed by atoms with E-state index in [2.05, 4.69) is 5.32 Å². The molecule has 2 aromatic carbocycles. The molecule has 1 amide bonds. The smallest absolute Gasteiger partial charge is 0.416 e. The van der Waals surface area contributed by atoms with E-state index in [1.165, 1.54) is 25.3 Å². The molecule has 0 unspecified atom stereocenters. The molecule has 0 aliphatic carbocycles. The van der Waals surface area contributed by atoms with Gasteiger partial charge in [0, 0.05) is 6.04 Å². The summed E-state index contributed by atoms with van der Waals surface area (Å²) in [5, 5.41) is 2.24. The Hall–Kier alpha value is -2.46. The second kappa shape index (κ2) is 9.78. The number of anilines is 1. The molecule has 2 aromatic rings. The number of ether oxygens (including phenoxy) is 1. The predicted molar refractivity (Wildman–Crippen MR) is 112 cm³/mol. The SMILES string of the molecule is CC[C@H](C)NC(=O)CN(c1ccccc1OC)S(=O)(=O)c1cc(C(F)(F)F)ccc1Cl. The van der Waals surface area contributed by atoms with Gasteiger partial charge in [0.05, 0.1) is 23.4 Å². The fraction of sp³-hybridized carbons (Fsp3) is 0.350. The first-order valence-electron chi connectivity index (χ1n) is 9.23. The zero-order valence-corrected chi connectivity index (χ0v) is 18.6.